The van der Waals surface area contributed by atoms with E-state index in [1.54, 1.807) is 29.8 Å². The van der Waals surface area contributed by atoms with Crippen LogP contribution >= 0.6 is 11.8 Å². The zero-order valence-electron chi connectivity index (χ0n) is 14.8. The zero-order valence-corrected chi connectivity index (χ0v) is 15.6. The Kier molecular flexibility index (Phi) is 5.43. The fourth-order valence-corrected chi connectivity index (χ4v) is 3.86. The third-order valence-corrected chi connectivity index (χ3v) is 5.29. The van der Waals surface area contributed by atoms with Gasteiger partial charge in [0.25, 0.3) is 5.91 Å². The first-order chi connectivity index (χ1) is 12.1. The van der Waals surface area contributed by atoms with Crippen molar-refractivity contribution in [2.24, 2.45) is 4.99 Å². The highest BCUT2D eigenvalue weighted by Gasteiger charge is 2.25. The molecule has 0 radical (unpaired) electrons. The fourth-order valence-electron chi connectivity index (χ4n) is 2.75. The number of rotatable bonds is 4. The third-order valence-electron chi connectivity index (χ3n) is 4.22. The molecule has 25 heavy (non-hydrogen) atoms. The lowest BCUT2D eigenvalue weighted by atomic mass is 10.1. The zero-order chi connectivity index (χ0) is 17.8. The van der Waals surface area contributed by atoms with E-state index in [0.717, 1.165) is 10.9 Å². The highest BCUT2D eigenvalue weighted by Crippen LogP contribution is 2.24. The molecule has 2 aromatic carbocycles. The smallest absolute Gasteiger partial charge is 0.260 e. The van der Waals surface area contributed by atoms with Crippen LogP contribution in [0.3, 0.4) is 0 Å². The van der Waals surface area contributed by atoms with Crippen LogP contribution in [0.5, 0.6) is 5.75 Å². The third kappa shape index (κ3) is 4.04. The average Bonchev–Trinajstić information content (AvgIpc) is 3.10. The van der Waals surface area contributed by atoms with Crippen LogP contribution in [0.25, 0.3) is 0 Å². The maximum absolute atomic E-state index is 12.8. The van der Waals surface area contributed by atoms with Crippen molar-refractivity contribution >= 4 is 22.8 Å². The number of hydrogen-bond donors (Lipinski definition) is 0. The summed E-state index contributed by atoms with van der Waals surface area (Å²) in [6, 6.07) is 13.7. The summed E-state index contributed by atoms with van der Waals surface area (Å²) in [5.74, 6) is 1.48. The molecule has 0 spiro atoms. The Hall–Kier alpha value is -2.27. The van der Waals surface area contributed by atoms with Crippen molar-refractivity contribution in [3.63, 3.8) is 0 Å². The van der Waals surface area contributed by atoms with Crippen molar-refractivity contribution in [2.75, 3.05) is 20.2 Å². The summed E-state index contributed by atoms with van der Waals surface area (Å²) in [7, 11) is 1.60. The molecule has 0 N–H and O–H groups in total. The molecule has 0 bridgehead atoms. The molecule has 4 nitrogen and oxygen atoms in total. The number of aliphatic imine (C=N–C) groups is 1. The molecule has 0 fully saturated rings. The van der Waals surface area contributed by atoms with Crippen LogP contribution in [-0.2, 0) is 5.75 Å². The molecule has 0 saturated carbocycles. The number of carbonyl (C=O) groups excluding carboxylic acids is 1. The molecular formula is C20H22N2O2S. The molecule has 0 unspecified atom stereocenters. The van der Waals surface area contributed by atoms with Crippen molar-refractivity contribution in [2.45, 2.75) is 19.6 Å². The lowest BCUT2D eigenvalue weighted by Gasteiger charge is -2.18. The van der Waals surface area contributed by atoms with E-state index in [2.05, 4.69) is 37.0 Å². The van der Waals surface area contributed by atoms with Crippen molar-refractivity contribution < 1.29 is 9.53 Å². The van der Waals surface area contributed by atoms with Crippen LogP contribution in [-0.4, -0.2) is 36.2 Å². The molecule has 1 aliphatic heterocycles. The Balaban J connectivity index is 1.71. The van der Waals surface area contributed by atoms with Gasteiger partial charge in [-0.25, -0.2) is 0 Å². The van der Waals surface area contributed by atoms with Crippen molar-refractivity contribution in [1.82, 2.24) is 4.90 Å². The molecule has 1 amide bonds. The highest BCUT2D eigenvalue weighted by molar-refractivity contribution is 8.13. The van der Waals surface area contributed by atoms with Crippen LogP contribution in [0.2, 0.25) is 0 Å². The monoisotopic (exact) mass is 354 g/mol. The quantitative estimate of drug-likeness (QED) is 0.831. The van der Waals surface area contributed by atoms with Crippen LogP contribution < -0.4 is 4.74 Å². The number of amidine groups is 1. The van der Waals surface area contributed by atoms with Gasteiger partial charge in [0, 0.05) is 17.9 Å². The van der Waals surface area contributed by atoms with Gasteiger partial charge in [0.05, 0.1) is 13.7 Å². The summed E-state index contributed by atoms with van der Waals surface area (Å²) in [5.41, 5.74) is 4.43. The number of ether oxygens (including phenoxy) is 1. The van der Waals surface area contributed by atoms with E-state index in [9.17, 15) is 4.79 Å². The number of nitrogens with zero attached hydrogens (tertiary/aromatic N) is 2. The van der Waals surface area contributed by atoms with Gasteiger partial charge in [-0.1, -0.05) is 41.6 Å². The summed E-state index contributed by atoms with van der Waals surface area (Å²) in [4.78, 5) is 19.1. The summed E-state index contributed by atoms with van der Waals surface area (Å²) in [6.07, 6.45) is 0. The normalized spacial score (nSPS) is 13.7. The van der Waals surface area contributed by atoms with Gasteiger partial charge in [0.15, 0.2) is 5.17 Å². The Bertz CT molecular complexity index is 817. The second-order valence-electron chi connectivity index (χ2n) is 6.07. The molecule has 0 saturated heterocycles. The molecule has 2 aromatic rings. The van der Waals surface area contributed by atoms with Crippen LogP contribution in [0.1, 0.15) is 27.0 Å². The molecule has 0 aliphatic carbocycles. The van der Waals surface area contributed by atoms with E-state index in [0.29, 0.717) is 24.4 Å². The van der Waals surface area contributed by atoms with Gasteiger partial charge in [0.2, 0.25) is 0 Å². The number of carbonyl (C=O) groups is 1. The minimum Gasteiger partial charge on any atom is -0.497 e. The van der Waals surface area contributed by atoms with Crippen LogP contribution in [0, 0.1) is 13.8 Å². The summed E-state index contributed by atoms with van der Waals surface area (Å²) in [5, 5.41) is 0.800. The van der Waals surface area contributed by atoms with Crippen LogP contribution in [0.15, 0.2) is 47.5 Å². The predicted molar refractivity (Wildman–Crippen MR) is 104 cm³/mol. The first-order valence-electron chi connectivity index (χ1n) is 8.28. The van der Waals surface area contributed by atoms with E-state index in [4.69, 9.17) is 4.74 Å². The topological polar surface area (TPSA) is 41.9 Å². The van der Waals surface area contributed by atoms with Gasteiger partial charge in [-0.2, -0.15) is 0 Å². The van der Waals surface area contributed by atoms with Gasteiger partial charge in [-0.3, -0.25) is 14.7 Å². The largest absolute Gasteiger partial charge is 0.497 e. The maximum Gasteiger partial charge on any atom is 0.260 e. The van der Waals surface area contributed by atoms with E-state index in [-0.39, 0.29) is 5.91 Å². The van der Waals surface area contributed by atoms with Gasteiger partial charge in [0.1, 0.15) is 5.75 Å². The molecular weight excluding hydrogens is 332 g/mol. The number of amides is 1. The van der Waals surface area contributed by atoms with Crippen molar-refractivity contribution in [3.05, 3.63) is 64.7 Å². The van der Waals surface area contributed by atoms with Crippen molar-refractivity contribution in [1.29, 1.82) is 0 Å². The SMILES string of the molecule is COc1cccc(C(=O)N2CCN=C2SCc2cc(C)ccc2C)c1. The number of aryl methyl sites for hydroxylation is 2. The Morgan fingerprint density at radius 2 is 2.08 bits per heavy atom. The second kappa shape index (κ2) is 7.74. The first-order valence-corrected chi connectivity index (χ1v) is 9.26. The standard InChI is InChI=1S/C20H22N2O2S/c1-14-7-8-15(2)17(11-14)13-25-20-21-9-10-22(20)19(23)16-5-4-6-18(12-16)24-3/h4-8,11-12H,9-10,13H2,1-3H3. The summed E-state index contributed by atoms with van der Waals surface area (Å²) < 4.78 is 5.22. The van der Waals surface area contributed by atoms with Crippen molar-refractivity contribution in [3.8, 4) is 5.75 Å². The summed E-state index contributed by atoms with van der Waals surface area (Å²) >= 11 is 1.62. The summed E-state index contributed by atoms with van der Waals surface area (Å²) in [6.45, 7) is 5.50. The Morgan fingerprint density at radius 3 is 2.88 bits per heavy atom. The predicted octanol–water partition coefficient (Wildman–Crippen LogP) is 4.06. The van der Waals surface area contributed by atoms with E-state index >= 15 is 0 Å². The number of benzene rings is 2. The van der Waals surface area contributed by atoms with Gasteiger partial charge in [-0.05, 0) is 43.2 Å². The van der Waals surface area contributed by atoms with Gasteiger partial charge in [-0.15, -0.1) is 0 Å². The van der Waals surface area contributed by atoms with Gasteiger partial charge < -0.3 is 4.74 Å². The Labute approximate surface area is 152 Å². The van der Waals surface area contributed by atoms with E-state index in [1.807, 2.05) is 18.2 Å². The average molecular weight is 354 g/mol. The molecule has 0 aromatic heterocycles. The molecule has 3 rings (SSSR count). The van der Waals surface area contributed by atoms with Crippen LogP contribution in [0.4, 0.5) is 0 Å². The molecule has 130 valence electrons. The van der Waals surface area contributed by atoms with E-state index in [1.165, 1.54) is 16.7 Å². The minimum atomic E-state index is -0.0244. The molecule has 1 aliphatic rings. The first kappa shape index (κ1) is 17.5. The highest BCUT2D eigenvalue weighted by atomic mass is 32.2. The fraction of sp³-hybridized carbons (Fsp3) is 0.300. The second-order valence-corrected chi connectivity index (χ2v) is 7.01. The number of hydrogen-bond acceptors (Lipinski definition) is 4. The lowest BCUT2D eigenvalue weighted by molar-refractivity contribution is 0.0860. The number of thioether (sulfide) groups is 1. The van der Waals surface area contributed by atoms with Gasteiger partial charge >= 0.3 is 0 Å². The lowest BCUT2D eigenvalue weighted by Crippen LogP contribution is -2.32. The minimum absolute atomic E-state index is 0.0244. The maximum atomic E-state index is 12.8. The molecule has 0 atom stereocenters. The number of methoxy groups -OCH3 is 1. The molecule has 5 heteroatoms. The molecule has 1 heterocycles. The Morgan fingerprint density at radius 1 is 1.24 bits per heavy atom. The van der Waals surface area contributed by atoms with E-state index < -0.39 is 0 Å².